The van der Waals surface area contributed by atoms with Crippen LogP contribution >= 0.6 is 11.3 Å². The SMILES string of the molecule is CCC(c1ccc(Cn2c(N=Nc3nc(N(CC)CC)sc3C(C)(C)C)nc(C#N)c2C#N)cc1)C(C)C. The van der Waals surface area contributed by atoms with Crippen LogP contribution in [0.5, 0.6) is 0 Å². The third kappa shape index (κ3) is 6.28. The van der Waals surface area contributed by atoms with Crippen LogP contribution < -0.4 is 4.90 Å². The highest BCUT2D eigenvalue weighted by Gasteiger charge is 2.25. The number of thiazole rings is 1. The van der Waals surface area contributed by atoms with E-state index >= 15 is 0 Å². The van der Waals surface area contributed by atoms with E-state index in [1.807, 2.05) is 6.07 Å². The third-order valence-electron chi connectivity index (χ3n) is 6.70. The van der Waals surface area contributed by atoms with E-state index in [1.165, 1.54) is 5.56 Å². The Morgan fingerprint density at radius 1 is 1.00 bits per heavy atom. The fourth-order valence-electron chi connectivity index (χ4n) is 4.58. The average molecular weight is 531 g/mol. The predicted octanol–water partition coefficient (Wildman–Crippen LogP) is 7.84. The molecular formula is C29H38N8S. The second kappa shape index (κ2) is 12.3. The molecule has 2 heterocycles. The van der Waals surface area contributed by atoms with Crippen molar-refractivity contribution in [3.63, 3.8) is 0 Å². The van der Waals surface area contributed by atoms with Gasteiger partial charge in [0.2, 0.25) is 0 Å². The van der Waals surface area contributed by atoms with Crippen molar-refractivity contribution >= 4 is 28.2 Å². The number of benzene rings is 1. The van der Waals surface area contributed by atoms with Crippen molar-refractivity contribution in [2.24, 2.45) is 16.1 Å². The summed E-state index contributed by atoms with van der Waals surface area (Å²) in [5.41, 5.74) is 2.35. The zero-order chi connectivity index (χ0) is 28.0. The first-order chi connectivity index (χ1) is 18.1. The maximum Gasteiger partial charge on any atom is 0.252 e. The molecule has 0 radical (unpaired) electrons. The summed E-state index contributed by atoms with van der Waals surface area (Å²) in [6.45, 7) is 19.3. The molecule has 3 rings (SSSR count). The van der Waals surface area contributed by atoms with Gasteiger partial charge in [0.1, 0.15) is 12.1 Å². The summed E-state index contributed by atoms with van der Waals surface area (Å²) in [6, 6.07) is 12.6. The van der Waals surface area contributed by atoms with Crippen molar-refractivity contribution in [1.29, 1.82) is 10.5 Å². The van der Waals surface area contributed by atoms with Crippen LogP contribution in [-0.4, -0.2) is 27.6 Å². The number of azo groups is 1. The van der Waals surface area contributed by atoms with Gasteiger partial charge in [0.05, 0.1) is 11.4 Å². The van der Waals surface area contributed by atoms with Crippen molar-refractivity contribution in [3.8, 4) is 12.1 Å². The number of anilines is 1. The minimum atomic E-state index is -0.170. The van der Waals surface area contributed by atoms with Gasteiger partial charge in [0, 0.05) is 18.5 Å². The molecule has 3 aromatic rings. The van der Waals surface area contributed by atoms with Gasteiger partial charge in [-0.25, -0.2) is 0 Å². The first kappa shape index (κ1) is 29.0. The van der Waals surface area contributed by atoms with Gasteiger partial charge in [-0.2, -0.15) is 20.5 Å². The predicted molar refractivity (Wildman–Crippen MR) is 154 cm³/mol. The highest BCUT2D eigenvalue weighted by atomic mass is 32.1. The molecule has 9 heteroatoms. The minimum absolute atomic E-state index is 0.0436. The Hall–Kier alpha value is -3.56. The van der Waals surface area contributed by atoms with E-state index in [9.17, 15) is 10.5 Å². The molecule has 0 spiro atoms. The summed E-state index contributed by atoms with van der Waals surface area (Å²) in [6.07, 6.45) is 1.08. The van der Waals surface area contributed by atoms with Crippen LogP contribution in [-0.2, 0) is 12.0 Å². The fourth-order valence-corrected chi connectivity index (χ4v) is 5.77. The molecule has 2 aromatic heterocycles. The molecule has 0 N–H and O–H groups in total. The lowest BCUT2D eigenvalue weighted by Gasteiger charge is -2.19. The monoisotopic (exact) mass is 530 g/mol. The van der Waals surface area contributed by atoms with Crippen LogP contribution in [0.15, 0.2) is 34.5 Å². The van der Waals surface area contributed by atoms with Crippen LogP contribution in [0.2, 0.25) is 0 Å². The second-order valence-corrected chi connectivity index (χ2v) is 11.7. The van der Waals surface area contributed by atoms with Crippen LogP contribution in [0, 0.1) is 28.6 Å². The molecule has 38 heavy (non-hydrogen) atoms. The number of hydrogen-bond acceptors (Lipinski definition) is 8. The molecule has 0 aliphatic rings. The third-order valence-corrected chi connectivity index (χ3v) is 8.23. The van der Waals surface area contributed by atoms with Gasteiger partial charge in [0.25, 0.3) is 5.95 Å². The number of hydrogen-bond donors (Lipinski definition) is 0. The Morgan fingerprint density at radius 2 is 1.66 bits per heavy atom. The maximum atomic E-state index is 9.84. The molecule has 0 fully saturated rings. The van der Waals surface area contributed by atoms with E-state index in [-0.39, 0.29) is 22.8 Å². The Morgan fingerprint density at radius 3 is 2.16 bits per heavy atom. The molecule has 0 aliphatic heterocycles. The largest absolute Gasteiger partial charge is 0.349 e. The van der Waals surface area contributed by atoms with E-state index in [1.54, 1.807) is 15.9 Å². The van der Waals surface area contributed by atoms with Gasteiger partial charge in [0.15, 0.2) is 22.3 Å². The molecule has 0 aliphatic carbocycles. The first-order valence-electron chi connectivity index (χ1n) is 13.2. The molecule has 0 amide bonds. The zero-order valence-electron chi connectivity index (χ0n) is 23.8. The van der Waals surface area contributed by atoms with Crippen LogP contribution in [0.3, 0.4) is 0 Å². The van der Waals surface area contributed by atoms with E-state index in [0.29, 0.717) is 24.2 Å². The molecule has 1 unspecified atom stereocenters. The lowest BCUT2D eigenvalue weighted by atomic mass is 9.86. The number of nitrogens with zero attached hydrogens (tertiary/aromatic N) is 8. The summed E-state index contributed by atoms with van der Waals surface area (Å²) in [7, 11) is 0. The number of imidazole rings is 1. The Labute approximate surface area is 230 Å². The molecule has 200 valence electrons. The second-order valence-electron chi connectivity index (χ2n) is 10.7. The smallest absolute Gasteiger partial charge is 0.252 e. The van der Waals surface area contributed by atoms with Crippen molar-refractivity contribution in [3.05, 3.63) is 51.7 Å². The summed E-state index contributed by atoms with van der Waals surface area (Å²) in [4.78, 5) is 12.3. The zero-order valence-corrected chi connectivity index (χ0v) is 24.6. The first-order valence-corrected chi connectivity index (χ1v) is 14.1. The average Bonchev–Trinajstić information content (AvgIpc) is 3.46. The van der Waals surface area contributed by atoms with Gasteiger partial charge in [-0.05, 0) is 43.2 Å². The maximum absolute atomic E-state index is 9.84. The van der Waals surface area contributed by atoms with Crippen LogP contribution in [0.4, 0.5) is 16.9 Å². The number of rotatable bonds is 10. The number of nitriles is 2. The van der Waals surface area contributed by atoms with Gasteiger partial charge < -0.3 is 4.90 Å². The molecule has 1 atom stereocenters. The normalized spacial score (nSPS) is 12.6. The van der Waals surface area contributed by atoms with Crippen LogP contribution in [0.1, 0.15) is 95.1 Å². The van der Waals surface area contributed by atoms with Crippen LogP contribution in [0.25, 0.3) is 0 Å². The molecule has 8 nitrogen and oxygen atoms in total. The van der Waals surface area contributed by atoms with Crippen molar-refractivity contribution < 1.29 is 0 Å². The lowest BCUT2D eigenvalue weighted by molar-refractivity contribution is 0.485. The van der Waals surface area contributed by atoms with Crippen molar-refractivity contribution in [1.82, 2.24) is 14.5 Å². The molecule has 1 aromatic carbocycles. The van der Waals surface area contributed by atoms with Gasteiger partial charge >= 0.3 is 0 Å². The van der Waals surface area contributed by atoms with Gasteiger partial charge in [-0.1, -0.05) is 77.1 Å². The molecule has 0 saturated heterocycles. The molecule has 0 bridgehead atoms. The number of aromatic nitrogens is 3. The quantitative estimate of drug-likeness (QED) is 0.248. The van der Waals surface area contributed by atoms with E-state index in [4.69, 9.17) is 4.98 Å². The minimum Gasteiger partial charge on any atom is -0.349 e. The van der Waals surface area contributed by atoms with Crippen molar-refractivity contribution in [2.45, 2.75) is 79.7 Å². The van der Waals surface area contributed by atoms with E-state index in [0.717, 1.165) is 35.1 Å². The Balaban J connectivity index is 2.02. The standard InChI is InChI=1S/C29H38N8S/c1-9-22(19(4)5)21-14-12-20(13-15-21)18-37-24(17-31)23(16-30)32-27(37)35-34-26-25(29(6,7)8)38-28(33-26)36(10-2)11-3/h12-15,19,22H,9-11,18H2,1-8H3. The fraction of sp³-hybridized carbons (Fsp3) is 0.517. The highest BCUT2D eigenvalue weighted by Crippen LogP contribution is 2.40. The summed E-state index contributed by atoms with van der Waals surface area (Å²) in [5.74, 6) is 1.81. The summed E-state index contributed by atoms with van der Waals surface area (Å²) < 4.78 is 1.66. The van der Waals surface area contributed by atoms with Gasteiger partial charge in [-0.3, -0.25) is 4.57 Å². The topological polar surface area (TPSA) is 106 Å². The highest BCUT2D eigenvalue weighted by molar-refractivity contribution is 7.16. The Bertz CT molecular complexity index is 1340. The summed E-state index contributed by atoms with van der Waals surface area (Å²) >= 11 is 1.62. The van der Waals surface area contributed by atoms with Crippen molar-refractivity contribution in [2.75, 3.05) is 18.0 Å². The molecular weight excluding hydrogens is 492 g/mol. The van der Waals surface area contributed by atoms with E-state index in [2.05, 4.69) is 106 Å². The Kier molecular flexibility index (Phi) is 9.40. The summed E-state index contributed by atoms with van der Waals surface area (Å²) in [5, 5.41) is 29.3. The molecule has 0 saturated carbocycles. The van der Waals surface area contributed by atoms with Gasteiger partial charge in [-0.15, -0.1) is 10.2 Å². The van der Waals surface area contributed by atoms with E-state index < -0.39 is 0 Å². The lowest BCUT2D eigenvalue weighted by Crippen LogP contribution is -2.21.